The maximum absolute atomic E-state index is 14.0. The molecule has 5 nitrogen and oxygen atoms in total. The van der Waals surface area contributed by atoms with Crippen LogP contribution in [-0.2, 0) is 7.05 Å². The molecule has 1 N–H and O–H groups in total. The fourth-order valence-corrected chi connectivity index (χ4v) is 2.75. The number of nitrogens with zero attached hydrogens (tertiary/aromatic N) is 4. The summed E-state index contributed by atoms with van der Waals surface area (Å²) < 4.78 is 15.7. The fraction of sp³-hybridized carbons (Fsp3) is 0.150. The molecular weight excluding hydrogens is 329 g/mol. The van der Waals surface area contributed by atoms with E-state index >= 15 is 0 Å². The summed E-state index contributed by atoms with van der Waals surface area (Å²) in [6, 6.07) is 13.1. The Morgan fingerprint density at radius 2 is 1.77 bits per heavy atom. The first-order valence-electron chi connectivity index (χ1n) is 8.31. The Kier molecular flexibility index (Phi) is 3.88. The van der Waals surface area contributed by atoms with E-state index < -0.39 is 0 Å². The third-order valence-electron chi connectivity index (χ3n) is 4.34. The van der Waals surface area contributed by atoms with Crippen LogP contribution in [0.5, 0.6) is 0 Å². The van der Waals surface area contributed by atoms with Crippen LogP contribution in [0.1, 0.15) is 11.1 Å². The third kappa shape index (κ3) is 2.90. The molecule has 0 amide bonds. The van der Waals surface area contributed by atoms with Crippen LogP contribution in [0.25, 0.3) is 22.4 Å². The van der Waals surface area contributed by atoms with Crippen LogP contribution in [0, 0.1) is 19.7 Å². The summed E-state index contributed by atoms with van der Waals surface area (Å²) in [5.74, 6) is 0.821. The van der Waals surface area contributed by atoms with E-state index in [4.69, 9.17) is 0 Å². The summed E-state index contributed by atoms with van der Waals surface area (Å²) >= 11 is 0. The molecule has 0 fully saturated rings. The highest BCUT2D eigenvalue weighted by molar-refractivity contribution is 5.90. The lowest BCUT2D eigenvalue weighted by atomic mass is 10.1. The van der Waals surface area contributed by atoms with Crippen molar-refractivity contribution in [2.24, 2.45) is 7.05 Å². The van der Waals surface area contributed by atoms with Gasteiger partial charge in [-0.1, -0.05) is 29.8 Å². The normalized spacial score (nSPS) is 11.1. The lowest BCUT2D eigenvalue weighted by Crippen LogP contribution is -2.01. The smallest absolute Gasteiger partial charge is 0.164 e. The minimum atomic E-state index is -0.274. The molecule has 0 aliphatic heterocycles. The molecule has 4 aromatic rings. The molecule has 0 saturated carbocycles. The number of benzene rings is 2. The molecule has 0 aliphatic carbocycles. The second-order valence-corrected chi connectivity index (χ2v) is 6.36. The van der Waals surface area contributed by atoms with Crippen LogP contribution < -0.4 is 5.32 Å². The van der Waals surface area contributed by atoms with Crippen molar-refractivity contribution in [1.29, 1.82) is 0 Å². The highest BCUT2D eigenvalue weighted by atomic mass is 19.1. The van der Waals surface area contributed by atoms with E-state index in [0.29, 0.717) is 28.4 Å². The molecule has 130 valence electrons. The zero-order chi connectivity index (χ0) is 18.3. The lowest BCUT2D eigenvalue weighted by molar-refractivity contribution is 0.619. The van der Waals surface area contributed by atoms with Crippen molar-refractivity contribution in [2.45, 2.75) is 13.8 Å². The summed E-state index contributed by atoms with van der Waals surface area (Å²) in [6.07, 6.45) is 1.73. The van der Waals surface area contributed by atoms with Crippen molar-refractivity contribution in [3.8, 4) is 11.4 Å². The first-order valence-corrected chi connectivity index (χ1v) is 8.31. The zero-order valence-corrected chi connectivity index (χ0v) is 14.8. The van der Waals surface area contributed by atoms with Gasteiger partial charge in [0.15, 0.2) is 11.5 Å². The Balaban J connectivity index is 1.85. The maximum Gasteiger partial charge on any atom is 0.164 e. The van der Waals surface area contributed by atoms with E-state index in [-0.39, 0.29) is 5.82 Å². The number of rotatable bonds is 3. The van der Waals surface area contributed by atoms with Gasteiger partial charge >= 0.3 is 0 Å². The largest absolute Gasteiger partial charge is 0.339 e. The van der Waals surface area contributed by atoms with Crippen molar-refractivity contribution in [3.05, 3.63) is 65.6 Å². The average molecular weight is 347 g/mol. The van der Waals surface area contributed by atoms with E-state index in [1.807, 2.05) is 44.3 Å². The molecular formula is C20H18FN5. The molecule has 0 radical (unpaired) electrons. The highest BCUT2D eigenvalue weighted by Gasteiger charge is 2.14. The molecule has 0 saturated heterocycles. The van der Waals surface area contributed by atoms with Gasteiger partial charge in [0.2, 0.25) is 0 Å². The van der Waals surface area contributed by atoms with Crippen LogP contribution in [-0.4, -0.2) is 19.7 Å². The third-order valence-corrected chi connectivity index (χ3v) is 4.34. The topological polar surface area (TPSA) is 55.6 Å². The molecule has 0 bridgehead atoms. The predicted molar refractivity (Wildman–Crippen MR) is 101 cm³/mol. The Labute approximate surface area is 150 Å². The molecule has 4 rings (SSSR count). The van der Waals surface area contributed by atoms with Gasteiger partial charge in [0, 0.05) is 18.3 Å². The molecule has 0 spiro atoms. The number of hydrogen-bond acceptors (Lipinski definition) is 4. The second kappa shape index (κ2) is 6.22. The van der Waals surface area contributed by atoms with Gasteiger partial charge in [-0.15, -0.1) is 0 Å². The Hall–Kier alpha value is -3.28. The van der Waals surface area contributed by atoms with Gasteiger partial charge in [-0.3, -0.25) is 4.68 Å². The van der Waals surface area contributed by atoms with Crippen molar-refractivity contribution >= 4 is 22.5 Å². The van der Waals surface area contributed by atoms with Gasteiger partial charge in [-0.05, 0) is 37.6 Å². The van der Waals surface area contributed by atoms with Gasteiger partial charge in [-0.25, -0.2) is 14.4 Å². The van der Waals surface area contributed by atoms with Gasteiger partial charge in [-0.2, -0.15) is 5.10 Å². The molecule has 2 aromatic carbocycles. The molecule has 0 aliphatic rings. The van der Waals surface area contributed by atoms with Crippen molar-refractivity contribution < 1.29 is 4.39 Å². The Morgan fingerprint density at radius 3 is 2.50 bits per heavy atom. The number of anilines is 2. The summed E-state index contributed by atoms with van der Waals surface area (Å²) in [7, 11) is 1.82. The first kappa shape index (κ1) is 16.2. The lowest BCUT2D eigenvalue weighted by Gasteiger charge is -2.10. The quantitative estimate of drug-likeness (QED) is 0.591. The van der Waals surface area contributed by atoms with Gasteiger partial charge in [0.1, 0.15) is 11.6 Å². The minimum absolute atomic E-state index is 0.274. The van der Waals surface area contributed by atoms with E-state index in [1.165, 1.54) is 11.6 Å². The number of fused-ring (bicyclic) bond motifs is 1. The average Bonchev–Trinajstić information content (AvgIpc) is 3.01. The standard InChI is InChI=1S/C20H18FN5/c1-12-4-8-15(9-5-12)23-19-16-11-22-26(3)20(16)25-18(24-19)14-7-6-13(2)17(21)10-14/h4-11H,1-3H3,(H,23,24,25). The predicted octanol–water partition coefficient (Wildman–Crippen LogP) is 4.53. The zero-order valence-electron chi connectivity index (χ0n) is 14.8. The number of hydrogen-bond donors (Lipinski definition) is 1. The van der Waals surface area contributed by atoms with E-state index in [2.05, 4.69) is 20.4 Å². The second-order valence-electron chi connectivity index (χ2n) is 6.36. The van der Waals surface area contributed by atoms with Crippen molar-refractivity contribution in [3.63, 3.8) is 0 Å². The summed E-state index contributed by atoms with van der Waals surface area (Å²) in [4.78, 5) is 9.21. The first-order chi connectivity index (χ1) is 12.5. The summed E-state index contributed by atoms with van der Waals surface area (Å²) in [6.45, 7) is 3.77. The van der Waals surface area contributed by atoms with Crippen molar-refractivity contribution in [1.82, 2.24) is 19.7 Å². The number of halogens is 1. The molecule has 2 heterocycles. The number of aromatic nitrogens is 4. The number of nitrogens with one attached hydrogen (secondary N) is 1. The number of aryl methyl sites for hydroxylation is 3. The van der Waals surface area contributed by atoms with E-state index in [9.17, 15) is 4.39 Å². The van der Waals surface area contributed by atoms with Crippen LogP contribution in [0.3, 0.4) is 0 Å². The van der Waals surface area contributed by atoms with Gasteiger partial charge < -0.3 is 5.32 Å². The van der Waals surface area contributed by atoms with Crippen molar-refractivity contribution in [2.75, 3.05) is 5.32 Å². The Morgan fingerprint density at radius 1 is 1.00 bits per heavy atom. The monoisotopic (exact) mass is 347 g/mol. The van der Waals surface area contributed by atoms with Crippen LogP contribution >= 0.6 is 0 Å². The fourth-order valence-electron chi connectivity index (χ4n) is 2.75. The van der Waals surface area contributed by atoms with Crippen LogP contribution in [0.2, 0.25) is 0 Å². The van der Waals surface area contributed by atoms with E-state index in [1.54, 1.807) is 23.9 Å². The maximum atomic E-state index is 14.0. The minimum Gasteiger partial charge on any atom is -0.339 e. The van der Waals surface area contributed by atoms with Crippen LogP contribution in [0.15, 0.2) is 48.7 Å². The molecule has 0 atom stereocenters. The van der Waals surface area contributed by atoms with Gasteiger partial charge in [0.25, 0.3) is 0 Å². The highest BCUT2D eigenvalue weighted by Crippen LogP contribution is 2.27. The van der Waals surface area contributed by atoms with Gasteiger partial charge in [0.05, 0.1) is 11.6 Å². The summed E-state index contributed by atoms with van der Waals surface area (Å²) in [5.41, 5.74) is 4.00. The molecule has 6 heteroatoms. The molecule has 2 aromatic heterocycles. The van der Waals surface area contributed by atoms with E-state index in [0.717, 1.165) is 11.1 Å². The molecule has 26 heavy (non-hydrogen) atoms. The SMILES string of the molecule is Cc1ccc(Nc2nc(-c3ccc(C)c(F)c3)nc3c2cnn3C)cc1. The summed E-state index contributed by atoms with van der Waals surface area (Å²) in [5, 5.41) is 8.41. The Bertz CT molecular complexity index is 1100. The molecule has 0 unspecified atom stereocenters. The van der Waals surface area contributed by atoms with Crippen LogP contribution in [0.4, 0.5) is 15.9 Å².